The average Bonchev–Trinajstić information content (AvgIpc) is 3.25. The van der Waals surface area contributed by atoms with E-state index in [4.69, 9.17) is 9.47 Å². The molecular formula is C16H16O2. The first kappa shape index (κ1) is 10.5. The molecule has 0 spiro atoms. The van der Waals surface area contributed by atoms with Gasteiger partial charge in [-0.25, -0.2) is 0 Å². The van der Waals surface area contributed by atoms with Crippen LogP contribution in [0.15, 0.2) is 36.4 Å². The maximum absolute atomic E-state index is 5.37. The summed E-state index contributed by atoms with van der Waals surface area (Å²) in [5, 5.41) is 2.76. The first-order valence-electron chi connectivity index (χ1n) is 6.63. The van der Waals surface area contributed by atoms with Crippen molar-refractivity contribution < 1.29 is 9.47 Å². The van der Waals surface area contributed by atoms with Gasteiger partial charge in [-0.15, -0.1) is 0 Å². The zero-order chi connectivity index (χ0) is 11.9. The van der Waals surface area contributed by atoms with Gasteiger partial charge in [0.25, 0.3) is 0 Å². The molecule has 0 N–H and O–H groups in total. The zero-order valence-electron chi connectivity index (χ0n) is 10.3. The molecule has 0 saturated carbocycles. The second kappa shape index (κ2) is 4.08. The predicted octanol–water partition coefficient (Wildman–Crippen LogP) is 2.72. The van der Waals surface area contributed by atoms with E-state index in [9.17, 15) is 0 Å². The van der Waals surface area contributed by atoms with Crippen LogP contribution in [0.5, 0.6) is 0 Å². The van der Waals surface area contributed by atoms with E-state index in [1.807, 2.05) is 0 Å². The van der Waals surface area contributed by atoms with Crippen molar-refractivity contribution in [1.29, 1.82) is 0 Å². The summed E-state index contributed by atoms with van der Waals surface area (Å²) in [6.45, 7) is 1.84. The van der Waals surface area contributed by atoms with E-state index in [-0.39, 0.29) is 0 Å². The van der Waals surface area contributed by atoms with Crippen LogP contribution in [0.2, 0.25) is 0 Å². The second-order valence-corrected chi connectivity index (χ2v) is 5.25. The van der Waals surface area contributed by atoms with Crippen LogP contribution in [0.1, 0.15) is 11.1 Å². The summed E-state index contributed by atoms with van der Waals surface area (Å²) in [6.07, 6.45) is 2.97. The molecule has 2 heteroatoms. The molecule has 2 aromatic rings. The lowest BCUT2D eigenvalue weighted by molar-refractivity contribution is 0.407. The summed E-state index contributed by atoms with van der Waals surface area (Å²) in [6, 6.07) is 13.2. The van der Waals surface area contributed by atoms with Gasteiger partial charge >= 0.3 is 0 Å². The smallest absolute Gasteiger partial charge is 0.0850 e. The number of epoxide rings is 2. The van der Waals surface area contributed by atoms with E-state index in [1.165, 1.54) is 21.9 Å². The Morgan fingerprint density at radius 1 is 0.833 bits per heavy atom. The Hall–Kier alpha value is -1.38. The van der Waals surface area contributed by atoms with Crippen LogP contribution < -0.4 is 0 Å². The van der Waals surface area contributed by atoms with Crippen molar-refractivity contribution in [2.75, 3.05) is 13.2 Å². The topological polar surface area (TPSA) is 25.1 Å². The standard InChI is InChI=1S/C16H16O2/c1-3-11-4-2-6-13(8-15-10-18-15)16(11)12(5-1)7-14-9-17-14/h1-6,14-15H,7-10H2. The first-order chi connectivity index (χ1) is 8.90. The van der Waals surface area contributed by atoms with Crippen molar-refractivity contribution in [3.63, 3.8) is 0 Å². The summed E-state index contributed by atoms with van der Waals surface area (Å²) in [5.41, 5.74) is 2.84. The van der Waals surface area contributed by atoms with Crippen LogP contribution in [0.4, 0.5) is 0 Å². The molecule has 0 aromatic heterocycles. The van der Waals surface area contributed by atoms with Gasteiger partial charge in [-0.3, -0.25) is 0 Å². The molecule has 2 aliphatic rings. The zero-order valence-corrected chi connectivity index (χ0v) is 10.3. The molecule has 2 nitrogen and oxygen atoms in total. The molecule has 0 aliphatic carbocycles. The van der Waals surface area contributed by atoms with Crippen LogP contribution in [-0.2, 0) is 22.3 Å². The number of hydrogen-bond acceptors (Lipinski definition) is 2. The molecule has 0 bridgehead atoms. The molecule has 0 radical (unpaired) electrons. The molecule has 2 unspecified atom stereocenters. The van der Waals surface area contributed by atoms with E-state index in [0.717, 1.165) is 26.1 Å². The van der Waals surface area contributed by atoms with E-state index in [2.05, 4.69) is 36.4 Å². The highest BCUT2D eigenvalue weighted by Gasteiger charge is 2.26. The average molecular weight is 240 g/mol. The Kier molecular flexibility index (Phi) is 2.39. The number of hydrogen-bond donors (Lipinski definition) is 0. The predicted molar refractivity (Wildman–Crippen MR) is 70.8 cm³/mol. The van der Waals surface area contributed by atoms with Crippen LogP contribution in [-0.4, -0.2) is 25.4 Å². The monoisotopic (exact) mass is 240 g/mol. The third-order valence-electron chi connectivity index (χ3n) is 3.78. The number of fused-ring (bicyclic) bond motifs is 1. The molecule has 2 fully saturated rings. The quantitative estimate of drug-likeness (QED) is 0.768. The third-order valence-corrected chi connectivity index (χ3v) is 3.78. The van der Waals surface area contributed by atoms with Crippen molar-refractivity contribution in [3.8, 4) is 0 Å². The lowest BCUT2D eigenvalue weighted by Crippen LogP contribution is -1.99. The van der Waals surface area contributed by atoms with Crippen molar-refractivity contribution in [1.82, 2.24) is 0 Å². The van der Waals surface area contributed by atoms with E-state index < -0.39 is 0 Å². The third kappa shape index (κ3) is 2.02. The minimum atomic E-state index is 0.445. The number of benzene rings is 2. The molecular weight excluding hydrogens is 224 g/mol. The highest BCUT2D eigenvalue weighted by molar-refractivity contribution is 5.89. The summed E-state index contributed by atoms with van der Waals surface area (Å²) in [4.78, 5) is 0. The fourth-order valence-electron chi connectivity index (χ4n) is 2.70. The summed E-state index contributed by atoms with van der Waals surface area (Å²) in [5.74, 6) is 0. The number of rotatable bonds is 4. The van der Waals surface area contributed by atoms with Gasteiger partial charge in [0.2, 0.25) is 0 Å². The maximum Gasteiger partial charge on any atom is 0.0850 e. The van der Waals surface area contributed by atoms with Crippen molar-refractivity contribution >= 4 is 10.8 Å². The molecule has 0 amide bonds. The van der Waals surface area contributed by atoms with Crippen LogP contribution >= 0.6 is 0 Å². The van der Waals surface area contributed by atoms with Gasteiger partial charge < -0.3 is 9.47 Å². The lowest BCUT2D eigenvalue weighted by atomic mass is 9.94. The minimum Gasteiger partial charge on any atom is -0.373 e. The second-order valence-electron chi connectivity index (χ2n) is 5.25. The number of ether oxygens (including phenoxy) is 2. The Morgan fingerprint density at radius 3 is 1.78 bits per heavy atom. The molecule has 2 atom stereocenters. The van der Waals surface area contributed by atoms with Gasteiger partial charge in [-0.2, -0.15) is 0 Å². The van der Waals surface area contributed by atoms with Crippen molar-refractivity contribution in [2.24, 2.45) is 0 Å². The van der Waals surface area contributed by atoms with Gasteiger partial charge in [0, 0.05) is 12.8 Å². The molecule has 18 heavy (non-hydrogen) atoms. The first-order valence-corrected chi connectivity index (χ1v) is 6.63. The molecule has 2 heterocycles. The Labute approximate surface area is 107 Å². The van der Waals surface area contributed by atoms with Crippen LogP contribution in [0.3, 0.4) is 0 Å². The minimum absolute atomic E-state index is 0.445. The fourth-order valence-corrected chi connectivity index (χ4v) is 2.70. The lowest BCUT2D eigenvalue weighted by Gasteiger charge is -2.10. The molecule has 2 aliphatic heterocycles. The van der Waals surface area contributed by atoms with Crippen molar-refractivity contribution in [3.05, 3.63) is 47.5 Å². The molecule has 92 valence electrons. The normalized spacial score (nSPS) is 25.3. The van der Waals surface area contributed by atoms with Crippen LogP contribution in [0, 0.1) is 0 Å². The van der Waals surface area contributed by atoms with Gasteiger partial charge in [-0.05, 0) is 21.9 Å². The van der Waals surface area contributed by atoms with Crippen LogP contribution in [0.25, 0.3) is 10.8 Å². The Bertz CT molecular complexity index is 534. The molecule has 4 rings (SSSR count). The highest BCUT2D eigenvalue weighted by Crippen LogP contribution is 2.29. The van der Waals surface area contributed by atoms with E-state index in [0.29, 0.717) is 12.2 Å². The summed E-state index contributed by atoms with van der Waals surface area (Å²) < 4.78 is 10.7. The van der Waals surface area contributed by atoms with Gasteiger partial charge in [0.1, 0.15) is 0 Å². The van der Waals surface area contributed by atoms with E-state index >= 15 is 0 Å². The van der Waals surface area contributed by atoms with Gasteiger partial charge in [0.05, 0.1) is 25.4 Å². The molecule has 2 saturated heterocycles. The van der Waals surface area contributed by atoms with Gasteiger partial charge in [0.15, 0.2) is 0 Å². The van der Waals surface area contributed by atoms with Gasteiger partial charge in [-0.1, -0.05) is 36.4 Å². The Balaban J connectivity index is 1.81. The van der Waals surface area contributed by atoms with Crippen molar-refractivity contribution in [2.45, 2.75) is 25.0 Å². The summed E-state index contributed by atoms with van der Waals surface area (Å²) in [7, 11) is 0. The van der Waals surface area contributed by atoms with E-state index in [1.54, 1.807) is 0 Å². The largest absolute Gasteiger partial charge is 0.373 e. The molecule has 2 aromatic carbocycles. The maximum atomic E-state index is 5.37. The fraction of sp³-hybridized carbons (Fsp3) is 0.375. The summed E-state index contributed by atoms with van der Waals surface area (Å²) >= 11 is 0. The Morgan fingerprint density at radius 2 is 1.33 bits per heavy atom. The SMILES string of the molecule is c1cc(CC2CO2)c2c(CC3CO3)cccc2c1. The highest BCUT2D eigenvalue weighted by atomic mass is 16.6.